The van der Waals surface area contributed by atoms with Gasteiger partial charge >= 0.3 is 6.18 Å². The van der Waals surface area contributed by atoms with E-state index >= 15 is 0 Å². The molecule has 0 bridgehead atoms. The highest BCUT2D eigenvalue weighted by atomic mass is 35.5. The molecule has 0 aliphatic carbocycles. The number of aliphatic hydroxyl groups is 1. The van der Waals surface area contributed by atoms with E-state index in [-0.39, 0.29) is 41.6 Å². The molecule has 2 aromatic carbocycles. The van der Waals surface area contributed by atoms with E-state index in [1.165, 1.54) is 29.1 Å². The second kappa shape index (κ2) is 10.9. The first-order valence-electron chi connectivity index (χ1n) is 12.1. The molecule has 2 atom stereocenters. The fourth-order valence-electron chi connectivity index (χ4n) is 4.94. The molecule has 2 aliphatic rings. The number of aliphatic hydroxyl groups excluding tert-OH is 1. The number of likely N-dealkylation sites (tertiary alicyclic amines) is 1. The number of benzene rings is 2. The van der Waals surface area contributed by atoms with E-state index < -0.39 is 35.1 Å². The minimum atomic E-state index is -4.57. The summed E-state index contributed by atoms with van der Waals surface area (Å²) in [4.78, 5) is 28.6. The Kier molecular flexibility index (Phi) is 7.73. The molecule has 5 rings (SSSR count). The van der Waals surface area contributed by atoms with Gasteiger partial charge in [0.25, 0.3) is 11.1 Å². The number of alkyl halides is 4. The van der Waals surface area contributed by atoms with Crippen molar-refractivity contribution in [3.63, 3.8) is 0 Å². The van der Waals surface area contributed by atoms with Crippen LogP contribution in [0.4, 0.5) is 22.4 Å². The van der Waals surface area contributed by atoms with Crippen molar-refractivity contribution in [1.29, 1.82) is 0 Å². The molecule has 0 spiro atoms. The Bertz CT molecular complexity index is 1460. The summed E-state index contributed by atoms with van der Waals surface area (Å²) in [7, 11) is 0. The van der Waals surface area contributed by atoms with Crippen LogP contribution >= 0.6 is 23.4 Å². The van der Waals surface area contributed by atoms with Gasteiger partial charge in [-0.3, -0.25) is 24.1 Å². The van der Waals surface area contributed by atoms with Gasteiger partial charge in [0.15, 0.2) is 0 Å². The van der Waals surface area contributed by atoms with Crippen LogP contribution in [0.1, 0.15) is 23.1 Å². The monoisotopic (exact) mass is 582 g/mol. The molecule has 1 aromatic heterocycles. The second-order valence-corrected chi connectivity index (χ2v) is 10.8. The van der Waals surface area contributed by atoms with Gasteiger partial charge in [-0.1, -0.05) is 23.7 Å². The highest BCUT2D eigenvalue weighted by Gasteiger charge is 2.45. The fraction of sp³-hybridized carbons (Fsp3) is 0.346. The number of piperidine rings is 1. The molecule has 206 valence electrons. The fourth-order valence-corrected chi connectivity index (χ4v) is 6.00. The van der Waals surface area contributed by atoms with E-state index in [1.807, 2.05) is 0 Å². The number of fused-ring (bicyclic) bond motifs is 1. The van der Waals surface area contributed by atoms with E-state index in [2.05, 4.69) is 5.10 Å². The van der Waals surface area contributed by atoms with Gasteiger partial charge in [-0.05, 0) is 59.7 Å². The lowest BCUT2D eigenvalue weighted by Crippen LogP contribution is -2.54. The summed E-state index contributed by atoms with van der Waals surface area (Å²) in [5, 5.41) is 13.4. The van der Waals surface area contributed by atoms with Gasteiger partial charge in [0.2, 0.25) is 0 Å². The average Bonchev–Trinajstić information content (AvgIpc) is 3.39. The van der Waals surface area contributed by atoms with Crippen LogP contribution in [0.3, 0.4) is 0 Å². The number of aromatic nitrogens is 2. The number of thioether (sulfide) groups is 1. The highest BCUT2D eigenvalue weighted by Crippen LogP contribution is 2.37. The van der Waals surface area contributed by atoms with Gasteiger partial charge in [0.05, 0.1) is 41.4 Å². The van der Waals surface area contributed by atoms with E-state index in [0.717, 1.165) is 22.7 Å². The van der Waals surface area contributed by atoms with Crippen molar-refractivity contribution in [1.82, 2.24) is 19.6 Å². The predicted octanol–water partition coefficient (Wildman–Crippen LogP) is 5.20. The molecular weight excluding hydrogens is 560 g/mol. The summed E-state index contributed by atoms with van der Waals surface area (Å²) in [6.07, 6.45) is -2.66. The maximum Gasteiger partial charge on any atom is 0.416 e. The summed E-state index contributed by atoms with van der Waals surface area (Å²) < 4.78 is 56.8. The molecule has 2 aliphatic heterocycles. The number of carbonyl (C=O) groups excluding carboxylic acids is 2. The predicted molar refractivity (Wildman–Crippen MR) is 140 cm³/mol. The zero-order chi connectivity index (χ0) is 27.9. The lowest BCUT2D eigenvalue weighted by molar-refractivity contribution is -0.138. The zero-order valence-electron chi connectivity index (χ0n) is 20.4. The second-order valence-electron chi connectivity index (χ2n) is 9.37. The lowest BCUT2D eigenvalue weighted by Gasteiger charge is -2.37. The van der Waals surface area contributed by atoms with E-state index in [4.69, 9.17) is 16.7 Å². The average molecular weight is 583 g/mol. The van der Waals surface area contributed by atoms with Crippen LogP contribution in [0, 0.1) is 0 Å². The van der Waals surface area contributed by atoms with Crippen molar-refractivity contribution in [2.24, 2.45) is 0 Å². The molecular formula is C26H23ClF4N4O3S. The number of imide groups is 1. The van der Waals surface area contributed by atoms with Crippen LogP contribution in [-0.2, 0) is 17.5 Å². The van der Waals surface area contributed by atoms with Crippen LogP contribution < -0.4 is 0 Å². The Labute approximate surface area is 230 Å². The van der Waals surface area contributed by atoms with Crippen molar-refractivity contribution in [3.05, 3.63) is 69.2 Å². The first-order chi connectivity index (χ1) is 18.5. The van der Waals surface area contributed by atoms with Gasteiger partial charge < -0.3 is 5.11 Å². The zero-order valence-corrected chi connectivity index (χ0v) is 21.9. The van der Waals surface area contributed by atoms with Crippen molar-refractivity contribution in [3.8, 4) is 0 Å². The first-order valence-corrected chi connectivity index (χ1v) is 13.3. The summed E-state index contributed by atoms with van der Waals surface area (Å²) in [5.41, 5.74) is 0.353. The number of carbonyl (C=O) groups is 2. The van der Waals surface area contributed by atoms with Gasteiger partial charge in [0.1, 0.15) is 6.17 Å². The van der Waals surface area contributed by atoms with Crippen LogP contribution in [0.25, 0.3) is 17.0 Å². The molecule has 0 saturated carbocycles. The van der Waals surface area contributed by atoms with Crippen molar-refractivity contribution < 1.29 is 32.3 Å². The standard InChI is InChI=1S/C26H23ClF4N4O3S/c27-18-3-2-16(19(11-18)26(29,30)31)13-34-21-4-1-15(9-17(21)12-32-34)10-23-24(37)35(25(38)39-23)22-5-6-33(7-8-36)14-20(22)28/h1-4,9-12,20,22,36H,5-8,13-14H2. The van der Waals surface area contributed by atoms with Crippen molar-refractivity contribution >= 4 is 51.5 Å². The third-order valence-electron chi connectivity index (χ3n) is 6.82. The Morgan fingerprint density at radius 2 is 1.97 bits per heavy atom. The molecule has 3 heterocycles. The van der Waals surface area contributed by atoms with E-state index in [1.54, 1.807) is 23.1 Å². The number of hydrogen-bond donors (Lipinski definition) is 1. The van der Waals surface area contributed by atoms with Gasteiger partial charge in [-0.25, -0.2) is 4.39 Å². The Balaban J connectivity index is 1.35. The molecule has 2 fully saturated rings. The quantitative estimate of drug-likeness (QED) is 0.318. The largest absolute Gasteiger partial charge is 0.416 e. The summed E-state index contributed by atoms with van der Waals surface area (Å²) in [6.45, 7) is 0.605. The number of hydrogen-bond acceptors (Lipinski definition) is 6. The maximum atomic E-state index is 14.8. The molecule has 3 aromatic rings. The van der Waals surface area contributed by atoms with Crippen molar-refractivity contribution in [2.75, 3.05) is 26.2 Å². The van der Waals surface area contributed by atoms with Crippen LogP contribution in [0.2, 0.25) is 5.02 Å². The van der Waals surface area contributed by atoms with Crippen LogP contribution in [0.15, 0.2) is 47.5 Å². The van der Waals surface area contributed by atoms with Gasteiger partial charge in [0, 0.05) is 30.0 Å². The minimum absolute atomic E-state index is 0.0142. The number of rotatable bonds is 6. The third-order valence-corrected chi connectivity index (χ3v) is 7.94. The normalized spacial score (nSPS) is 22.0. The Morgan fingerprint density at radius 3 is 2.69 bits per heavy atom. The molecule has 2 unspecified atom stereocenters. The smallest absolute Gasteiger partial charge is 0.395 e. The maximum absolute atomic E-state index is 14.8. The van der Waals surface area contributed by atoms with Crippen LogP contribution in [0.5, 0.6) is 0 Å². The minimum Gasteiger partial charge on any atom is -0.395 e. The molecule has 13 heteroatoms. The molecule has 1 N–H and O–H groups in total. The first kappa shape index (κ1) is 27.6. The van der Waals surface area contributed by atoms with Crippen molar-refractivity contribution in [2.45, 2.75) is 31.4 Å². The van der Waals surface area contributed by atoms with Gasteiger partial charge in [-0.2, -0.15) is 18.3 Å². The number of β-amino-alcohol motifs (C(OH)–C–C–N with tert-alkyl or cyclic N) is 1. The van der Waals surface area contributed by atoms with Gasteiger partial charge in [-0.15, -0.1) is 0 Å². The Hall–Kier alpha value is -2.93. The summed E-state index contributed by atoms with van der Waals surface area (Å²) >= 11 is 6.52. The lowest BCUT2D eigenvalue weighted by atomic mass is 10.0. The molecule has 0 radical (unpaired) electrons. The molecule has 7 nitrogen and oxygen atoms in total. The molecule has 2 saturated heterocycles. The topological polar surface area (TPSA) is 78.7 Å². The van der Waals surface area contributed by atoms with Crippen LogP contribution in [-0.4, -0.2) is 74.3 Å². The number of amides is 2. The third kappa shape index (κ3) is 5.69. The SMILES string of the molecule is O=C1SC(=Cc2ccc3c(cnn3Cc3ccc(Cl)cc3C(F)(F)F)c2)C(=O)N1C1CCN(CCO)CC1F. The number of nitrogens with zero attached hydrogens (tertiary/aromatic N) is 4. The van der Waals surface area contributed by atoms with E-state index in [0.29, 0.717) is 29.6 Å². The molecule has 39 heavy (non-hydrogen) atoms. The summed E-state index contributed by atoms with van der Waals surface area (Å²) in [6, 6.07) is 7.80. The Morgan fingerprint density at radius 1 is 1.18 bits per heavy atom. The van der Waals surface area contributed by atoms with E-state index in [9.17, 15) is 27.2 Å². The highest BCUT2D eigenvalue weighted by molar-refractivity contribution is 8.18. The summed E-state index contributed by atoms with van der Waals surface area (Å²) in [5.74, 6) is -0.563. The number of halogens is 5. The molecule has 2 amide bonds.